The van der Waals surface area contributed by atoms with Crippen molar-refractivity contribution in [3.63, 3.8) is 0 Å². The van der Waals surface area contributed by atoms with Crippen LogP contribution in [0.1, 0.15) is 16.2 Å². The standard InChI is InChI=1S/C13H13ClN2O4/c1-7-4-12(20-16-7)13(17)15-9-5-8(14)10(18-2)6-11(9)19-3/h4-6H,1-3H3,(H,15,17). The van der Waals surface area contributed by atoms with Crippen molar-refractivity contribution in [3.05, 3.63) is 34.7 Å². The van der Waals surface area contributed by atoms with Crippen molar-refractivity contribution < 1.29 is 18.8 Å². The Balaban J connectivity index is 2.28. The Labute approximate surface area is 120 Å². The Hall–Kier alpha value is -2.21. The van der Waals surface area contributed by atoms with Crippen molar-refractivity contribution in [2.75, 3.05) is 19.5 Å². The highest BCUT2D eigenvalue weighted by molar-refractivity contribution is 6.32. The Morgan fingerprint density at radius 1 is 1.25 bits per heavy atom. The van der Waals surface area contributed by atoms with Crippen molar-refractivity contribution in [1.82, 2.24) is 5.16 Å². The molecule has 2 aromatic rings. The molecule has 0 aliphatic heterocycles. The summed E-state index contributed by atoms with van der Waals surface area (Å²) in [5, 5.41) is 6.66. The molecule has 0 fully saturated rings. The maximum Gasteiger partial charge on any atom is 0.294 e. The third-order valence-electron chi connectivity index (χ3n) is 2.57. The predicted molar refractivity (Wildman–Crippen MR) is 73.7 cm³/mol. The summed E-state index contributed by atoms with van der Waals surface area (Å²) in [4.78, 5) is 12.0. The predicted octanol–water partition coefficient (Wildman–Crippen LogP) is 2.91. The minimum absolute atomic E-state index is 0.108. The fourth-order valence-corrected chi connectivity index (χ4v) is 1.85. The molecule has 2 rings (SSSR count). The summed E-state index contributed by atoms with van der Waals surface area (Å²) in [6, 6.07) is 4.66. The average Bonchev–Trinajstić information content (AvgIpc) is 2.86. The van der Waals surface area contributed by atoms with E-state index in [4.69, 9.17) is 25.6 Å². The van der Waals surface area contributed by atoms with Crippen LogP contribution < -0.4 is 14.8 Å². The third-order valence-corrected chi connectivity index (χ3v) is 2.87. The molecule has 0 saturated carbocycles. The zero-order valence-corrected chi connectivity index (χ0v) is 11.9. The topological polar surface area (TPSA) is 73.6 Å². The Morgan fingerprint density at radius 2 is 1.95 bits per heavy atom. The van der Waals surface area contributed by atoms with E-state index in [1.165, 1.54) is 20.3 Å². The van der Waals surface area contributed by atoms with Crippen molar-refractivity contribution in [2.45, 2.75) is 6.92 Å². The largest absolute Gasteiger partial charge is 0.495 e. The number of aryl methyl sites for hydroxylation is 1. The quantitative estimate of drug-likeness (QED) is 0.939. The molecule has 0 atom stereocenters. The van der Waals surface area contributed by atoms with Crippen LogP contribution in [0, 0.1) is 6.92 Å². The molecule has 6 nitrogen and oxygen atoms in total. The van der Waals surface area contributed by atoms with E-state index in [2.05, 4.69) is 10.5 Å². The van der Waals surface area contributed by atoms with E-state index in [0.29, 0.717) is 27.9 Å². The van der Waals surface area contributed by atoms with Gasteiger partial charge in [0.15, 0.2) is 0 Å². The van der Waals surface area contributed by atoms with Crippen LogP contribution in [0.4, 0.5) is 5.69 Å². The summed E-state index contributed by atoms with van der Waals surface area (Å²) in [6.07, 6.45) is 0. The molecule has 0 radical (unpaired) electrons. The highest BCUT2D eigenvalue weighted by Crippen LogP contribution is 2.36. The van der Waals surface area contributed by atoms with Gasteiger partial charge in [-0.25, -0.2) is 0 Å². The second-order valence-electron chi connectivity index (χ2n) is 3.97. The summed E-state index contributed by atoms with van der Waals surface area (Å²) in [5.74, 6) is 0.550. The van der Waals surface area contributed by atoms with Gasteiger partial charge < -0.3 is 19.3 Å². The first-order valence-electron chi connectivity index (χ1n) is 5.71. The number of amides is 1. The number of methoxy groups -OCH3 is 2. The molecule has 0 spiro atoms. The lowest BCUT2D eigenvalue weighted by Gasteiger charge is -2.12. The van der Waals surface area contributed by atoms with Gasteiger partial charge in [-0.15, -0.1) is 0 Å². The number of rotatable bonds is 4. The number of anilines is 1. The van der Waals surface area contributed by atoms with Gasteiger partial charge in [0, 0.05) is 12.1 Å². The zero-order chi connectivity index (χ0) is 14.7. The van der Waals surface area contributed by atoms with E-state index in [1.807, 2.05) is 0 Å². The first-order valence-corrected chi connectivity index (χ1v) is 6.09. The van der Waals surface area contributed by atoms with Crippen LogP contribution in [0.25, 0.3) is 0 Å². The summed E-state index contributed by atoms with van der Waals surface area (Å²) < 4.78 is 15.2. The molecule has 0 saturated heterocycles. The minimum Gasteiger partial charge on any atom is -0.495 e. The molecule has 1 aromatic carbocycles. The van der Waals surface area contributed by atoms with Crippen LogP contribution in [0.5, 0.6) is 11.5 Å². The maximum atomic E-state index is 12.0. The van der Waals surface area contributed by atoms with Crippen LogP contribution >= 0.6 is 11.6 Å². The highest BCUT2D eigenvalue weighted by Gasteiger charge is 2.16. The Kier molecular flexibility index (Phi) is 4.14. The van der Waals surface area contributed by atoms with Crippen molar-refractivity contribution >= 4 is 23.2 Å². The van der Waals surface area contributed by atoms with Crippen molar-refractivity contribution in [1.29, 1.82) is 0 Å². The van der Waals surface area contributed by atoms with Crippen LogP contribution in [-0.4, -0.2) is 25.3 Å². The van der Waals surface area contributed by atoms with Crippen LogP contribution in [0.15, 0.2) is 22.7 Å². The van der Waals surface area contributed by atoms with Gasteiger partial charge in [0.25, 0.3) is 5.91 Å². The molecule has 0 aliphatic rings. The highest BCUT2D eigenvalue weighted by atomic mass is 35.5. The lowest BCUT2D eigenvalue weighted by atomic mass is 10.2. The van der Waals surface area contributed by atoms with Gasteiger partial charge in [-0.1, -0.05) is 16.8 Å². The van der Waals surface area contributed by atoms with Gasteiger partial charge >= 0.3 is 0 Å². The second kappa shape index (κ2) is 5.83. The summed E-state index contributed by atoms with van der Waals surface area (Å²) >= 11 is 6.02. The number of nitrogens with zero attached hydrogens (tertiary/aromatic N) is 1. The number of nitrogens with one attached hydrogen (secondary N) is 1. The first kappa shape index (κ1) is 14.2. The molecule has 1 amide bonds. The molecule has 1 heterocycles. The fourth-order valence-electron chi connectivity index (χ4n) is 1.61. The van der Waals surface area contributed by atoms with Gasteiger partial charge in [-0.05, 0) is 13.0 Å². The van der Waals surface area contributed by atoms with E-state index in [1.54, 1.807) is 19.1 Å². The lowest BCUT2D eigenvalue weighted by molar-refractivity contribution is 0.0987. The van der Waals surface area contributed by atoms with Gasteiger partial charge in [0.2, 0.25) is 5.76 Å². The number of carbonyl (C=O) groups is 1. The number of hydrogen-bond acceptors (Lipinski definition) is 5. The zero-order valence-electron chi connectivity index (χ0n) is 11.2. The summed E-state index contributed by atoms with van der Waals surface area (Å²) in [6.45, 7) is 1.73. The fraction of sp³-hybridized carbons (Fsp3) is 0.231. The number of halogens is 1. The second-order valence-corrected chi connectivity index (χ2v) is 4.38. The molecule has 106 valence electrons. The van der Waals surface area contributed by atoms with Crippen LogP contribution in [-0.2, 0) is 0 Å². The normalized spacial score (nSPS) is 10.2. The monoisotopic (exact) mass is 296 g/mol. The molecular weight excluding hydrogens is 284 g/mol. The molecule has 0 bridgehead atoms. The van der Waals surface area contributed by atoms with E-state index < -0.39 is 5.91 Å². The molecule has 20 heavy (non-hydrogen) atoms. The van der Waals surface area contributed by atoms with Gasteiger partial charge in [0.1, 0.15) is 11.5 Å². The summed E-state index contributed by atoms with van der Waals surface area (Å²) in [7, 11) is 2.98. The molecule has 1 aromatic heterocycles. The molecule has 0 aliphatic carbocycles. The van der Waals surface area contributed by atoms with E-state index in [9.17, 15) is 4.79 Å². The number of carbonyl (C=O) groups excluding carboxylic acids is 1. The molecule has 0 unspecified atom stereocenters. The molecular formula is C13H13ClN2O4. The minimum atomic E-state index is -0.440. The number of hydrogen-bond donors (Lipinski definition) is 1. The smallest absolute Gasteiger partial charge is 0.294 e. The third kappa shape index (κ3) is 2.85. The van der Waals surface area contributed by atoms with Gasteiger partial charge in [0.05, 0.1) is 30.6 Å². The van der Waals surface area contributed by atoms with Crippen molar-refractivity contribution in [3.8, 4) is 11.5 Å². The molecule has 7 heteroatoms. The lowest BCUT2D eigenvalue weighted by Crippen LogP contribution is -2.12. The van der Waals surface area contributed by atoms with Crippen LogP contribution in [0.3, 0.4) is 0 Å². The number of benzene rings is 1. The summed E-state index contributed by atoms with van der Waals surface area (Å²) in [5.41, 5.74) is 1.03. The number of ether oxygens (including phenoxy) is 2. The van der Waals surface area contributed by atoms with E-state index in [0.717, 1.165) is 0 Å². The van der Waals surface area contributed by atoms with Gasteiger partial charge in [-0.3, -0.25) is 4.79 Å². The first-order chi connectivity index (χ1) is 9.55. The SMILES string of the molecule is COc1cc(OC)c(NC(=O)c2cc(C)no2)cc1Cl. The molecule has 1 N–H and O–H groups in total. The Bertz CT molecular complexity index is 639. The maximum absolute atomic E-state index is 12.0. The number of aromatic nitrogens is 1. The van der Waals surface area contributed by atoms with E-state index >= 15 is 0 Å². The Morgan fingerprint density at radius 3 is 2.50 bits per heavy atom. The van der Waals surface area contributed by atoms with Crippen molar-refractivity contribution in [2.24, 2.45) is 0 Å². The van der Waals surface area contributed by atoms with Gasteiger partial charge in [-0.2, -0.15) is 0 Å². The van der Waals surface area contributed by atoms with Crippen LogP contribution in [0.2, 0.25) is 5.02 Å². The van der Waals surface area contributed by atoms with E-state index in [-0.39, 0.29) is 5.76 Å². The average molecular weight is 297 g/mol.